The first-order chi connectivity index (χ1) is 13.1. The second-order valence-electron chi connectivity index (χ2n) is 7.18. The van der Waals surface area contributed by atoms with Gasteiger partial charge in [-0.3, -0.25) is 4.79 Å². The highest BCUT2D eigenvalue weighted by Gasteiger charge is 2.19. The first kappa shape index (κ1) is 19.3. The molecule has 27 heavy (non-hydrogen) atoms. The molecule has 0 saturated carbocycles. The SMILES string of the molecule is CCN(CC)c1ccc(NCCC(=O)N2CCc3ccccc3C2)c(C)c1. The van der Waals surface area contributed by atoms with Crippen molar-refractivity contribution in [2.75, 3.05) is 36.4 Å². The molecule has 2 aromatic rings. The number of nitrogens with one attached hydrogen (secondary N) is 1. The number of nitrogens with zero attached hydrogens (tertiary/aromatic N) is 2. The maximum atomic E-state index is 12.6. The van der Waals surface area contributed by atoms with E-state index < -0.39 is 0 Å². The second-order valence-corrected chi connectivity index (χ2v) is 7.18. The fraction of sp³-hybridized carbons (Fsp3) is 0.435. The summed E-state index contributed by atoms with van der Waals surface area (Å²) >= 11 is 0. The molecule has 0 aliphatic carbocycles. The molecule has 1 N–H and O–H groups in total. The fourth-order valence-corrected chi connectivity index (χ4v) is 3.80. The zero-order chi connectivity index (χ0) is 19.2. The first-order valence-corrected chi connectivity index (χ1v) is 10.1. The third-order valence-corrected chi connectivity index (χ3v) is 5.48. The Bertz CT molecular complexity index is 783. The molecule has 144 valence electrons. The van der Waals surface area contributed by atoms with Gasteiger partial charge in [0.15, 0.2) is 0 Å². The van der Waals surface area contributed by atoms with Crippen molar-refractivity contribution in [3.8, 4) is 0 Å². The number of benzene rings is 2. The minimum atomic E-state index is 0.231. The van der Waals surface area contributed by atoms with Gasteiger partial charge in [-0.05, 0) is 62.1 Å². The normalized spacial score (nSPS) is 13.2. The van der Waals surface area contributed by atoms with Crippen LogP contribution in [0.5, 0.6) is 0 Å². The molecule has 0 unspecified atom stereocenters. The average Bonchev–Trinajstić information content (AvgIpc) is 2.70. The van der Waals surface area contributed by atoms with Crippen molar-refractivity contribution < 1.29 is 4.79 Å². The van der Waals surface area contributed by atoms with Crippen LogP contribution < -0.4 is 10.2 Å². The van der Waals surface area contributed by atoms with Crippen LogP contribution in [0.3, 0.4) is 0 Å². The number of amides is 1. The van der Waals surface area contributed by atoms with Gasteiger partial charge in [-0.2, -0.15) is 0 Å². The molecule has 0 atom stereocenters. The Hall–Kier alpha value is -2.49. The standard InChI is InChI=1S/C23H31N3O/c1-4-25(5-2)21-10-11-22(18(3)16-21)24-14-12-23(27)26-15-13-19-8-6-7-9-20(19)17-26/h6-11,16,24H,4-5,12-15,17H2,1-3H3. The lowest BCUT2D eigenvalue weighted by molar-refractivity contribution is -0.131. The third kappa shape index (κ3) is 4.62. The molecule has 0 radical (unpaired) electrons. The van der Waals surface area contributed by atoms with Crippen LogP contribution in [0.1, 0.15) is 37.0 Å². The zero-order valence-corrected chi connectivity index (χ0v) is 16.8. The van der Waals surface area contributed by atoms with E-state index in [1.54, 1.807) is 0 Å². The molecule has 0 saturated heterocycles. The number of anilines is 2. The quantitative estimate of drug-likeness (QED) is 0.798. The van der Waals surface area contributed by atoms with Gasteiger partial charge in [-0.25, -0.2) is 0 Å². The number of rotatable bonds is 7. The maximum Gasteiger partial charge on any atom is 0.224 e. The number of aryl methyl sites for hydroxylation is 1. The molecular weight excluding hydrogens is 334 g/mol. The van der Waals surface area contributed by atoms with E-state index in [-0.39, 0.29) is 5.91 Å². The van der Waals surface area contributed by atoms with Gasteiger partial charge in [-0.1, -0.05) is 24.3 Å². The van der Waals surface area contributed by atoms with E-state index in [1.807, 2.05) is 4.90 Å². The lowest BCUT2D eigenvalue weighted by Gasteiger charge is -2.29. The third-order valence-electron chi connectivity index (χ3n) is 5.48. The maximum absolute atomic E-state index is 12.6. The van der Waals surface area contributed by atoms with Crippen LogP contribution in [0, 0.1) is 6.92 Å². The lowest BCUT2D eigenvalue weighted by Crippen LogP contribution is -2.36. The van der Waals surface area contributed by atoms with Gasteiger partial charge in [0, 0.05) is 50.5 Å². The van der Waals surface area contributed by atoms with Gasteiger partial charge in [0.1, 0.15) is 0 Å². The van der Waals surface area contributed by atoms with E-state index in [4.69, 9.17) is 0 Å². The van der Waals surface area contributed by atoms with Crippen LogP contribution in [0.15, 0.2) is 42.5 Å². The number of hydrogen-bond acceptors (Lipinski definition) is 3. The van der Waals surface area contributed by atoms with Gasteiger partial charge in [0.2, 0.25) is 5.91 Å². The summed E-state index contributed by atoms with van der Waals surface area (Å²) in [5, 5.41) is 3.44. The molecular formula is C23H31N3O. The minimum Gasteiger partial charge on any atom is -0.384 e. The Morgan fingerprint density at radius 1 is 1.11 bits per heavy atom. The van der Waals surface area contributed by atoms with E-state index in [9.17, 15) is 4.79 Å². The molecule has 0 spiro atoms. The van der Waals surface area contributed by atoms with E-state index in [0.29, 0.717) is 13.0 Å². The first-order valence-electron chi connectivity index (χ1n) is 10.1. The molecule has 1 amide bonds. The Morgan fingerprint density at radius 3 is 2.56 bits per heavy atom. The molecule has 0 aromatic heterocycles. The summed E-state index contributed by atoms with van der Waals surface area (Å²) in [7, 11) is 0. The van der Waals surface area contributed by atoms with Crippen molar-refractivity contribution in [2.24, 2.45) is 0 Å². The minimum absolute atomic E-state index is 0.231. The summed E-state index contributed by atoms with van der Waals surface area (Å²) in [6, 6.07) is 14.9. The van der Waals surface area contributed by atoms with Crippen LogP contribution in [-0.4, -0.2) is 37.0 Å². The summed E-state index contributed by atoms with van der Waals surface area (Å²) in [6.45, 7) is 10.7. The topological polar surface area (TPSA) is 35.6 Å². The lowest BCUT2D eigenvalue weighted by atomic mass is 10.00. The molecule has 1 aliphatic heterocycles. The summed E-state index contributed by atoms with van der Waals surface area (Å²) in [5.41, 5.74) is 6.25. The summed E-state index contributed by atoms with van der Waals surface area (Å²) in [4.78, 5) is 16.9. The molecule has 4 heteroatoms. The Balaban J connectivity index is 1.52. The number of fused-ring (bicyclic) bond motifs is 1. The highest BCUT2D eigenvalue weighted by atomic mass is 16.2. The largest absolute Gasteiger partial charge is 0.384 e. The Morgan fingerprint density at radius 2 is 1.85 bits per heavy atom. The van der Waals surface area contributed by atoms with Gasteiger partial charge < -0.3 is 15.1 Å². The fourth-order valence-electron chi connectivity index (χ4n) is 3.80. The highest BCUT2D eigenvalue weighted by molar-refractivity contribution is 5.77. The van der Waals surface area contributed by atoms with Gasteiger partial charge >= 0.3 is 0 Å². The molecule has 1 aliphatic rings. The predicted octanol–water partition coefficient (Wildman–Crippen LogP) is 4.23. The van der Waals surface area contributed by atoms with Crippen LogP contribution in [-0.2, 0) is 17.8 Å². The van der Waals surface area contributed by atoms with Gasteiger partial charge in [0.05, 0.1) is 0 Å². The number of hydrogen-bond donors (Lipinski definition) is 1. The average molecular weight is 366 g/mol. The second kappa shape index (κ2) is 8.94. The van der Waals surface area contributed by atoms with Crippen LogP contribution >= 0.6 is 0 Å². The summed E-state index contributed by atoms with van der Waals surface area (Å²) in [6.07, 6.45) is 1.49. The van der Waals surface area contributed by atoms with Crippen molar-refractivity contribution in [3.63, 3.8) is 0 Å². The van der Waals surface area contributed by atoms with E-state index in [1.165, 1.54) is 22.4 Å². The molecule has 4 nitrogen and oxygen atoms in total. The van der Waals surface area contributed by atoms with Crippen LogP contribution in [0.25, 0.3) is 0 Å². The Labute approximate surface area is 163 Å². The molecule has 1 heterocycles. The Kier molecular flexibility index (Phi) is 6.38. The van der Waals surface area contributed by atoms with Crippen molar-refractivity contribution in [1.29, 1.82) is 0 Å². The molecule has 0 fully saturated rings. The van der Waals surface area contributed by atoms with Crippen molar-refractivity contribution >= 4 is 17.3 Å². The van der Waals surface area contributed by atoms with Crippen molar-refractivity contribution in [1.82, 2.24) is 4.90 Å². The summed E-state index contributed by atoms with van der Waals surface area (Å²) in [5.74, 6) is 0.231. The van der Waals surface area contributed by atoms with E-state index in [2.05, 4.69) is 73.5 Å². The molecule has 0 bridgehead atoms. The van der Waals surface area contributed by atoms with Gasteiger partial charge in [-0.15, -0.1) is 0 Å². The van der Waals surface area contributed by atoms with Crippen LogP contribution in [0.2, 0.25) is 0 Å². The highest BCUT2D eigenvalue weighted by Crippen LogP contribution is 2.23. The number of carbonyl (C=O) groups excluding carboxylic acids is 1. The van der Waals surface area contributed by atoms with Gasteiger partial charge in [0.25, 0.3) is 0 Å². The van der Waals surface area contributed by atoms with Crippen molar-refractivity contribution in [2.45, 2.75) is 40.2 Å². The zero-order valence-electron chi connectivity index (χ0n) is 16.8. The predicted molar refractivity (Wildman–Crippen MR) is 113 cm³/mol. The molecule has 2 aromatic carbocycles. The van der Waals surface area contributed by atoms with E-state index in [0.717, 1.165) is 38.3 Å². The monoisotopic (exact) mass is 365 g/mol. The number of carbonyl (C=O) groups is 1. The van der Waals surface area contributed by atoms with Crippen molar-refractivity contribution in [3.05, 3.63) is 59.2 Å². The summed E-state index contributed by atoms with van der Waals surface area (Å²) < 4.78 is 0. The van der Waals surface area contributed by atoms with E-state index >= 15 is 0 Å². The van der Waals surface area contributed by atoms with Crippen LogP contribution in [0.4, 0.5) is 11.4 Å². The smallest absolute Gasteiger partial charge is 0.224 e. The molecule has 3 rings (SSSR count).